The molecular weight excluding hydrogens is 974 g/mol. The number of ether oxygens (including phenoxy) is 4. The van der Waals surface area contributed by atoms with Gasteiger partial charge in [0.15, 0.2) is 13.1 Å². The fraction of sp³-hybridized carbons (Fsp3) is 0.915. The van der Waals surface area contributed by atoms with Crippen LogP contribution in [-0.4, -0.2) is 115 Å². The van der Waals surface area contributed by atoms with Gasteiger partial charge in [0.2, 0.25) is 0 Å². The molecule has 0 amide bonds. The van der Waals surface area contributed by atoms with Gasteiger partial charge in [-0.05, 0) is 12.8 Å². The highest BCUT2D eigenvalue weighted by Gasteiger charge is 2.39. The molecule has 0 bridgehead atoms. The monoisotopic (exact) mass is 1070 g/mol. The van der Waals surface area contributed by atoms with E-state index in [1.807, 2.05) is 42.3 Å². The number of esters is 4. The Kier molecular flexibility index (Phi) is 42.5. The van der Waals surface area contributed by atoms with Gasteiger partial charge in [-0.25, -0.2) is 9.59 Å². The first-order valence-corrected chi connectivity index (χ1v) is 23.3. The number of carbonyl (C=O) groups excluding carboxylic acids is 4. The Hall–Kier alpha value is -0.740. The number of halogens is 2. The van der Waals surface area contributed by atoms with Crippen molar-refractivity contribution in [3.63, 3.8) is 0 Å². The number of hydrogen-bond acceptors (Lipinski definition) is 8. The van der Waals surface area contributed by atoms with E-state index in [9.17, 15) is 19.2 Å². The minimum atomic E-state index is -1.24. The maximum absolute atomic E-state index is 13.0. The van der Waals surface area contributed by atoms with Crippen LogP contribution in [0.5, 0.6) is 0 Å². The fourth-order valence-electron chi connectivity index (χ4n) is 6.77. The minimum absolute atomic E-state index is 0. The Morgan fingerprint density at radius 2 is 0.542 bits per heavy atom. The molecule has 0 aliphatic carbocycles. The van der Waals surface area contributed by atoms with Gasteiger partial charge in [0.1, 0.15) is 31.8 Å². The molecule has 0 rings (SSSR count). The van der Waals surface area contributed by atoms with Crippen molar-refractivity contribution < 1.29 is 95.0 Å². The molecule has 10 nitrogen and oxygen atoms in total. The molecule has 59 heavy (non-hydrogen) atoms. The largest absolute Gasteiger partial charge is 1.00 e. The standard InChI is InChI=1S/C47H92N2O8.2HI/c1-9-11-13-15-17-19-21-23-25-27-29-31-33-35-43(50)54-39-47(41-56-45(52)37-48(3,4)5,42-57-46(53)38-49(6,7)8)40-55-44(51)36-34-32-30-28-26-24-22-20-18-16-14-12-10-2;;/h9-42H2,1-8H3;2*1H/q+2;;/p-2. The number of rotatable bonds is 40. The Labute approximate surface area is 397 Å². The van der Waals surface area contributed by atoms with Crippen LogP contribution < -0.4 is 48.0 Å². The molecule has 352 valence electrons. The average Bonchev–Trinajstić information content (AvgIpc) is 3.13. The molecule has 0 aromatic rings. The topological polar surface area (TPSA) is 105 Å². The first-order valence-electron chi connectivity index (χ1n) is 23.3. The molecule has 0 aromatic heterocycles. The van der Waals surface area contributed by atoms with Gasteiger partial charge in [-0.3, -0.25) is 9.59 Å². The van der Waals surface area contributed by atoms with Crippen molar-refractivity contribution in [2.24, 2.45) is 5.41 Å². The molecule has 0 saturated carbocycles. The van der Waals surface area contributed by atoms with Gasteiger partial charge in [0, 0.05) is 12.8 Å². The highest BCUT2D eigenvalue weighted by Crippen LogP contribution is 2.23. The second-order valence-electron chi connectivity index (χ2n) is 19.0. The smallest absolute Gasteiger partial charge is 0.361 e. The van der Waals surface area contributed by atoms with E-state index in [1.54, 1.807) is 0 Å². The third-order valence-corrected chi connectivity index (χ3v) is 10.3. The first kappa shape index (κ1) is 62.6. The summed E-state index contributed by atoms with van der Waals surface area (Å²) in [5.41, 5.74) is -1.24. The molecule has 0 aromatic carbocycles. The zero-order valence-corrected chi connectivity index (χ0v) is 43.8. The summed E-state index contributed by atoms with van der Waals surface area (Å²) in [5, 5.41) is 0. The zero-order valence-electron chi connectivity index (χ0n) is 39.5. The van der Waals surface area contributed by atoms with Gasteiger partial charge < -0.3 is 75.9 Å². The lowest BCUT2D eigenvalue weighted by molar-refractivity contribution is -0.862. The molecule has 0 radical (unpaired) electrons. The van der Waals surface area contributed by atoms with E-state index in [4.69, 9.17) is 18.9 Å². The molecule has 0 aliphatic heterocycles. The number of quaternary nitrogens is 2. The summed E-state index contributed by atoms with van der Waals surface area (Å²) in [4.78, 5) is 51.6. The van der Waals surface area contributed by atoms with Crippen LogP contribution in [0, 0.1) is 5.41 Å². The Morgan fingerprint density at radius 1 is 0.339 bits per heavy atom. The van der Waals surface area contributed by atoms with Crippen molar-refractivity contribution in [2.45, 2.75) is 194 Å². The lowest BCUT2D eigenvalue weighted by Gasteiger charge is -2.32. The van der Waals surface area contributed by atoms with Gasteiger partial charge in [-0.2, -0.15) is 0 Å². The van der Waals surface area contributed by atoms with Gasteiger partial charge >= 0.3 is 23.9 Å². The van der Waals surface area contributed by atoms with Crippen LogP contribution in [0.2, 0.25) is 0 Å². The van der Waals surface area contributed by atoms with Crippen LogP contribution in [0.4, 0.5) is 0 Å². The van der Waals surface area contributed by atoms with E-state index in [2.05, 4.69) is 13.8 Å². The van der Waals surface area contributed by atoms with E-state index in [0.29, 0.717) is 8.97 Å². The highest BCUT2D eigenvalue weighted by molar-refractivity contribution is 5.72. The summed E-state index contributed by atoms with van der Waals surface area (Å²) in [7, 11) is 11.3. The number of nitrogens with zero attached hydrogens (tertiary/aromatic N) is 2. The Balaban J connectivity index is -0.0000157. The number of hydrogen-bond donors (Lipinski definition) is 0. The van der Waals surface area contributed by atoms with Crippen LogP contribution >= 0.6 is 0 Å². The van der Waals surface area contributed by atoms with E-state index >= 15 is 0 Å². The molecule has 12 heteroatoms. The molecule has 0 unspecified atom stereocenters. The molecule has 0 fully saturated rings. The summed E-state index contributed by atoms with van der Waals surface area (Å²) >= 11 is 0. The van der Waals surface area contributed by atoms with Gasteiger partial charge in [-0.1, -0.05) is 168 Å². The Bertz CT molecular complexity index is 952. The molecular formula is C47H92I2N2O8. The SMILES string of the molecule is CCCCCCCCCCCCCCCC(=O)OCC(COC(=O)CCCCCCCCCCCCCCC)(COC(=O)C[N+](C)(C)C)COC(=O)C[N+](C)(C)C.[I-].[I-]. The molecule has 0 N–H and O–H groups in total. The molecule has 0 saturated heterocycles. The normalized spacial score (nSPS) is 11.7. The van der Waals surface area contributed by atoms with Crippen LogP contribution in [0.25, 0.3) is 0 Å². The predicted octanol–water partition coefficient (Wildman–Crippen LogP) is 4.53. The van der Waals surface area contributed by atoms with E-state index in [-0.39, 0.29) is 112 Å². The van der Waals surface area contributed by atoms with Crippen LogP contribution in [0.15, 0.2) is 0 Å². The number of unbranched alkanes of at least 4 members (excludes halogenated alkanes) is 24. The Morgan fingerprint density at radius 3 is 0.763 bits per heavy atom. The lowest BCUT2D eigenvalue weighted by atomic mass is 9.92. The molecule has 0 atom stereocenters. The summed E-state index contributed by atoms with van der Waals surface area (Å²) in [5.74, 6) is -1.62. The van der Waals surface area contributed by atoms with Crippen LogP contribution in [-0.2, 0) is 38.1 Å². The third kappa shape index (κ3) is 43.7. The molecule has 0 spiro atoms. The maximum Gasteiger partial charge on any atom is 0.361 e. The third-order valence-electron chi connectivity index (χ3n) is 10.3. The number of likely N-dealkylation sites (N-methyl/N-ethyl adjacent to an activating group) is 2. The van der Waals surface area contributed by atoms with Crippen molar-refractivity contribution in [3.05, 3.63) is 0 Å². The van der Waals surface area contributed by atoms with Crippen LogP contribution in [0.3, 0.4) is 0 Å². The second-order valence-corrected chi connectivity index (χ2v) is 19.0. The van der Waals surface area contributed by atoms with Gasteiger partial charge in [0.05, 0.1) is 42.3 Å². The fourth-order valence-corrected chi connectivity index (χ4v) is 6.77. The van der Waals surface area contributed by atoms with Crippen molar-refractivity contribution >= 4 is 23.9 Å². The first-order chi connectivity index (χ1) is 27.1. The molecule has 0 heterocycles. The summed E-state index contributed by atoms with van der Waals surface area (Å²) in [6, 6.07) is 0. The van der Waals surface area contributed by atoms with Crippen LogP contribution in [0.1, 0.15) is 194 Å². The lowest BCUT2D eigenvalue weighted by Crippen LogP contribution is -3.00. The second kappa shape index (κ2) is 40.1. The van der Waals surface area contributed by atoms with E-state index < -0.39 is 17.4 Å². The summed E-state index contributed by atoms with van der Waals surface area (Å²) in [6.45, 7) is 3.90. The van der Waals surface area contributed by atoms with Crippen molar-refractivity contribution in [3.8, 4) is 0 Å². The molecule has 0 aliphatic rings. The highest BCUT2D eigenvalue weighted by atomic mass is 127. The zero-order chi connectivity index (χ0) is 42.7. The average molecular weight is 1070 g/mol. The van der Waals surface area contributed by atoms with Crippen molar-refractivity contribution in [1.29, 1.82) is 0 Å². The predicted molar refractivity (Wildman–Crippen MR) is 233 cm³/mol. The maximum atomic E-state index is 13.0. The quantitative estimate of drug-likeness (QED) is 0.0291. The van der Waals surface area contributed by atoms with Crippen molar-refractivity contribution in [1.82, 2.24) is 0 Å². The summed E-state index contributed by atoms with van der Waals surface area (Å²) in [6.07, 6.45) is 32.2. The van der Waals surface area contributed by atoms with Gasteiger partial charge in [-0.15, -0.1) is 0 Å². The van der Waals surface area contributed by atoms with E-state index in [1.165, 1.54) is 128 Å². The minimum Gasteiger partial charge on any atom is -1.00 e. The van der Waals surface area contributed by atoms with Gasteiger partial charge in [0.25, 0.3) is 0 Å². The van der Waals surface area contributed by atoms with E-state index in [0.717, 1.165) is 38.5 Å². The van der Waals surface area contributed by atoms with Crippen molar-refractivity contribution in [2.75, 3.05) is 81.8 Å². The summed E-state index contributed by atoms with van der Waals surface area (Å²) < 4.78 is 23.7. The number of carbonyl (C=O) groups is 4.